The fraction of sp³-hybridized carbons (Fsp3) is 0.200. The molecule has 2 aromatic rings. The van der Waals surface area contributed by atoms with Gasteiger partial charge in [0.1, 0.15) is 11.9 Å². The number of sulfone groups is 1. The van der Waals surface area contributed by atoms with Crippen LogP contribution in [0.4, 0.5) is 5.69 Å². The Hall–Kier alpha value is -2.01. The Kier molecular flexibility index (Phi) is 3.14. The molecule has 0 fully saturated rings. The number of rotatable bonds is 2. The lowest BCUT2D eigenvalue weighted by Crippen LogP contribution is -2.23. The normalized spacial score (nSPS) is 17.8. The minimum atomic E-state index is -3.20. The number of benzene rings is 2. The molecule has 5 heteroatoms. The molecule has 1 aliphatic rings. The van der Waals surface area contributed by atoms with Gasteiger partial charge in [0.05, 0.1) is 17.1 Å². The van der Waals surface area contributed by atoms with Gasteiger partial charge in [0, 0.05) is 6.26 Å². The van der Waals surface area contributed by atoms with E-state index in [1.165, 1.54) is 6.26 Å². The molecule has 0 saturated heterocycles. The number of fused-ring (bicyclic) bond motifs is 1. The van der Waals surface area contributed by atoms with Gasteiger partial charge in [-0.25, -0.2) is 8.42 Å². The largest absolute Gasteiger partial charge is 0.482 e. The Morgan fingerprint density at radius 1 is 1.15 bits per heavy atom. The Bertz CT molecular complexity index is 726. The van der Waals surface area contributed by atoms with Crippen molar-refractivity contribution < 1.29 is 13.2 Å². The van der Waals surface area contributed by atoms with Crippen LogP contribution in [0.2, 0.25) is 0 Å². The maximum Gasteiger partial charge on any atom is 0.175 e. The Morgan fingerprint density at radius 2 is 1.90 bits per heavy atom. The Morgan fingerprint density at radius 3 is 2.60 bits per heavy atom. The Balaban J connectivity index is 1.90. The van der Waals surface area contributed by atoms with Crippen LogP contribution in [-0.4, -0.2) is 21.2 Å². The topological polar surface area (TPSA) is 55.4 Å². The maximum absolute atomic E-state index is 11.5. The molecule has 0 radical (unpaired) electrons. The van der Waals surface area contributed by atoms with Crippen molar-refractivity contribution in [1.29, 1.82) is 0 Å². The zero-order chi connectivity index (χ0) is 14.2. The number of ether oxygens (including phenoxy) is 1. The second kappa shape index (κ2) is 4.83. The first-order valence-electron chi connectivity index (χ1n) is 6.33. The van der Waals surface area contributed by atoms with E-state index in [1.54, 1.807) is 18.2 Å². The quantitative estimate of drug-likeness (QED) is 0.923. The highest BCUT2D eigenvalue weighted by atomic mass is 32.2. The number of hydrogen-bond donors (Lipinski definition) is 1. The van der Waals surface area contributed by atoms with Crippen LogP contribution < -0.4 is 10.1 Å². The minimum absolute atomic E-state index is 0.0622. The molecule has 0 spiro atoms. The molecule has 2 aromatic carbocycles. The predicted molar refractivity (Wildman–Crippen MR) is 77.9 cm³/mol. The van der Waals surface area contributed by atoms with Gasteiger partial charge in [0.15, 0.2) is 9.84 Å². The molecule has 1 atom stereocenters. The molecule has 4 nitrogen and oxygen atoms in total. The molecule has 0 bridgehead atoms. The molecule has 0 aliphatic carbocycles. The van der Waals surface area contributed by atoms with E-state index in [1.807, 2.05) is 30.3 Å². The van der Waals surface area contributed by atoms with Gasteiger partial charge in [-0.15, -0.1) is 0 Å². The molecule has 1 heterocycles. The van der Waals surface area contributed by atoms with Crippen LogP contribution in [0.15, 0.2) is 53.4 Å². The summed E-state index contributed by atoms with van der Waals surface area (Å²) in [7, 11) is -3.20. The smallest absolute Gasteiger partial charge is 0.175 e. The predicted octanol–water partition coefficient (Wildman–Crippen LogP) is 2.64. The van der Waals surface area contributed by atoms with Gasteiger partial charge in [0.25, 0.3) is 0 Å². The van der Waals surface area contributed by atoms with Crippen molar-refractivity contribution in [2.24, 2.45) is 0 Å². The van der Waals surface area contributed by atoms with Crippen molar-refractivity contribution in [3.63, 3.8) is 0 Å². The van der Waals surface area contributed by atoms with Gasteiger partial charge >= 0.3 is 0 Å². The van der Waals surface area contributed by atoms with Crippen LogP contribution in [-0.2, 0) is 9.84 Å². The van der Waals surface area contributed by atoms with E-state index in [2.05, 4.69) is 5.32 Å². The molecular weight excluding hydrogens is 274 g/mol. The summed E-state index contributed by atoms with van der Waals surface area (Å²) in [4.78, 5) is 0.297. The number of nitrogens with one attached hydrogen (secondary N) is 1. The SMILES string of the molecule is CS(=O)(=O)c1ccc2c(c1)NCC(c1ccccc1)O2. The van der Waals surface area contributed by atoms with Crippen molar-refractivity contribution in [2.45, 2.75) is 11.0 Å². The highest BCUT2D eigenvalue weighted by molar-refractivity contribution is 7.90. The van der Waals surface area contributed by atoms with Crippen LogP contribution in [0.1, 0.15) is 11.7 Å². The van der Waals surface area contributed by atoms with E-state index in [-0.39, 0.29) is 6.10 Å². The lowest BCUT2D eigenvalue weighted by molar-refractivity contribution is 0.210. The van der Waals surface area contributed by atoms with E-state index in [0.717, 1.165) is 11.3 Å². The Labute approximate surface area is 118 Å². The van der Waals surface area contributed by atoms with Gasteiger partial charge in [-0.3, -0.25) is 0 Å². The van der Waals surface area contributed by atoms with E-state index in [9.17, 15) is 8.42 Å². The zero-order valence-electron chi connectivity index (χ0n) is 11.0. The lowest BCUT2D eigenvalue weighted by atomic mass is 10.1. The first-order chi connectivity index (χ1) is 9.54. The van der Waals surface area contributed by atoms with Crippen molar-refractivity contribution in [3.8, 4) is 5.75 Å². The average molecular weight is 289 g/mol. The van der Waals surface area contributed by atoms with Crippen molar-refractivity contribution in [3.05, 3.63) is 54.1 Å². The molecule has 104 valence electrons. The van der Waals surface area contributed by atoms with Crippen molar-refractivity contribution in [1.82, 2.24) is 0 Å². The summed E-state index contributed by atoms with van der Waals surface area (Å²) in [5, 5.41) is 3.23. The third kappa shape index (κ3) is 2.49. The minimum Gasteiger partial charge on any atom is -0.482 e. The zero-order valence-corrected chi connectivity index (χ0v) is 11.9. The number of anilines is 1. The van der Waals surface area contributed by atoms with E-state index in [4.69, 9.17) is 4.74 Å². The molecule has 1 unspecified atom stereocenters. The van der Waals surface area contributed by atoms with Crippen LogP contribution in [0.5, 0.6) is 5.75 Å². The number of hydrogen-bond acceptors (Lipinski definition) is 4. The molecule has 1 aliphatic heterocycles. The third-order valence-corrected chi connectivity index (χ3v) is 4.41. The van der Waals surface area contributed by atoms with Crippen molar-refractivity contribution in [2.75, 3.05) is 18.1 Å². The summed E-state index contributed by atoms with van der Waals surface area (Å²) < 4.78 is 29.0. The highest BCUT2D eigenvalue weighted by Crippen LogP contribution is 2.35. The molecule has 0 saturated carbocycles. The van der Waals surface area contributed by atoms with Gasteiger partial charge in [-0.2, -0.15) is 0 Å². The van der Waals surface area contributed by atoms with Gasteiger partial charge in [0.2, 0.25) is 0 Å². The summed E-state index contributed by atoms with van der Waals surface area (Å²) in [5.41, 5.74) is 1.82. The van der Waals surface area contributed by atoms with Gasteiger partial charge in [-0.1, -0.05) is 30.3 Å². The lowest BCUT2D eigenvalue weighted by Gasteiger charge is -2.28. The maximum atomic E-state index is 11.5. The monoisotopic (exact) mass is 289 g/mol. The second-order valence-electron chi connectivity index (χ2n) is 4.83. The summed E-state index contributed by atoms with van der Waals surface area (Å²) >= 11 is 0. The second-order valence-corrected chi connectivity index (χ2v) is 6.84. The average Bonchev–Trinajstić information content (AvgIpc) is 2.46. The van der Waals surface area contributed by atoms with Gasteiger partial charge < -0.3 is 10.1 Å². The molecule has 0 aromatic heterocycles. The molecule has 1 N–H and O–H groups in total. The molecular formula is C15H15NO3S. The van der Waals surface area contributed by atoms with E-state index in [0.29, 0.717) is 17.2 Å². The summed E-state index contributed by atoms with van der Waals surface area (Å²) in [6.07, 6.45) is 1.14. The molecule has 3 rings (SSSR count). The van der Waals surface area contributed by atoms with Gasteiger partial charge in [-0.05, 0) is 23.8 Å². The fourth-order valence-corrected chi connectivity index (χ4v) is 2.88. The standard InChI is InChI=1S/C15H15NO3S/c1-20(17,18)12-7-8-14-13(9-12)16-10-15(19-14)11-5-3-2-4-6-11/h2-9,15-16H,10H2,1H3. The van der Waals surface area contributed by atoms with Crippen LogP contribution in [0, 0.1) is 0 Å². The van der Waals surface area contributed by atoms with Crippen LogP contribution in [0.25, 0.3) is 0 Å². The van der Waals surface area contributed by atoms with E-state index < -0.39 is 9.84 Å². The molecule has 0 amide bonds. The van der Waals surface area contributed by atoms with Crippen molar-refractivity contribution >= 4 is 15.5 Å². The fourth-order valence-electron chi connectivity index (χ4n) is 2.23. The van der Waals surface area contributed by atoms with Crippen LogP contribution >= 0.6 is 0 Å². The van der Waals surface area contributed by atoms with E-state index >= 15 is 0 Å². The van der Waals surface area contributed by atoms with Crippen LogP contribution in [0.3, 0.4) is 0 Å². The highest BCUT2D eigenvalue weighted by Gasteiger charge is 2.22. The summed E-state index contributed by atoms with van der Waals surface area (Å²) in [6, 6.07) is 14.8. The summed E-state index contributed by atoms with van der Waals surface area (Å²) in [5.74, 6) is 0.678. The summed E-state index contributed by atoms with van der Waals surface area (Å²) in [6.45, 7) is 0.615. The third-order valence-electron chi connectivity index (χ3n) is 3.30. The molecule has 20 heavy (non-hydrogen) atoms. The first kappa shape index (κ1) is 13.0. The first-order valence-corrected chi connectivity index (χ1v) is 8.23.